The number of benzene rings is 2. The number of amides is 1. The van der Waals surface area contributed by atoms with Gasteiger partial charge in [-0.15, -0.1) is 11.3 Å². The van der Waals surface area contributed by atoms with Crippen LogP contribution in [0.5, 0.6) is 0 Å². The van der Waals surface area contributed by atoms with Crippen molar-refractivity contribution >= 4 is 28.1 Å². The summed E-state index contributed by atoms with van der Waals surface area (Å²) in [6.45, 7) is 4.32. The van der Waals surface area contributed by atoms with Crippen LogP contribution in [0.25, 0.3) is 0 Å². The first-order valence-corrected chi connectivity index (χ1v) is 10.3. The minimum Gasteiger partial charge on any atom is -0.376 e. The van der Waals surface area contributed by atoms with Crippen molar-refractivity contribution in [2.45, 2.75) is 32.4 Å². The Morgan fingerprint density at radius 2 is 1.87 bits per heavy atom. The van der Waals surface area contributed by atoms with Gasteiger partial charge in [0.2, 0.25) is 5.91 Å². The van der Waals surface area contributed by atoms with E-state index in [0.717, 1.165) is 22.7 Å². The Kier molecular flexibility index (Phi) is 6.77. The van der Waals surface area contributed by atoms with Gasteiger partial charge in [-0.25, -0.2) is 4.98 Å². The molecular weight excluding hydrogens is 411 g/mol. The highest BCUT2D eigenvalue weighted by atomic mass is 32.1. The van der Waals surface area contributed by atoms with Crippen LogP contribution in [0, 0.1) is 0 Å². The first kappa shape index (κ1) is 21.8. The number of hydrogen-bond donors (Lipinski definition) is 2. The molecule has 0 unspecified atom stereocenters. The molecule has 0 spiro atoms. The van der Waals surface area contributed by atoms with Crippen molar-refractivity contribution in [2.75, 3.05) is 17.2 Å². The van der Waals surface area contributed by atoms with Crippen LogP contribution in [-0.2, 0) is 17.4 Å². The smallest absolute Gasteiger partial charge is 0.376 e. The van der Waals surface area contributed by atoms with E-state index in [-0.39, 0.29) is 12.5 Å². The van der Waals surface area contributed by atoms with Crippen LogP contribution in [0.15, 0.2) is 54.7 Å². The number of anilines is 2. The topological polar surface area (TPSA) is 54.0 Å². The van der Waals surface area contributed by atoms with Crippen molar-refractivity contribution in [2.24, 2.45) is 0 Å². The van der Waals surface area contributed by atoms with E-state index >= 15 is 0 Å². The highest BCUT2D eigenvalue weighted by Gasteiger charge is 2.30. The summed E-state index contributed by atoms with van der Waals surface area (Å²) in [6, 6.07) is 13.1. The van der Waals surface area contributed by atoms with Crippen LogP contribution < -0.4 is 10.6 Å². The van der Waals surface area contributed by atoms with Crippen molar-refractivity contribution in [3.8, 4) is 0 Å². The molecule has 1 heterocycles. The molecule has 0 radical (unpaired) electrons. The predicted molar refractivity (Wildman–Crippen MR) is 114 cm³/mol. The van der Waals surface area contributed by atoms with Crippen molar-refractivity contribution in [1.82, 2.24) is 4.98 Å². The minimum absolute atomic E-state index is 0.0869. The van der Waals surface area contributed by atoms with Gasteiger partial charge in [-0.3, -0.25) is 4.79 Å². The second kappa shape index (κ2) is 9.30. The summed E-state index contributed by atoms with van der Waals surface area (Å²) >= 11 is 1.24. The largest absolute Gasteiger partial charge is 0.416 e. The fourth-order valence-electron chi connectivity index (χ4n) is 2.84. The zero-order valence-corrected chi connectivity index (χ0v) is 17.4. The summed E-state index contributed by atoms with van der Waals surface area (Å²) in [7, 11) is 0. The number of alkyl halides is 3. The number of hydrogen-bond acceptors (Lipinski definition) is 4. The molecule has 0 aliphatic rings. The molecular formula is C22H22F3N3OS. The molecule has 0 fully saturated rings. The van der Waals surface area contributed by atoms with Crippen LogP contribution in [0.1, 0.15) is 41.3 Å². The van der Waals surface area contributed by atoms with Crippen molar-refractivity contribution in [3.05, 3.63) is 76.3 Å². The van der Waals surface area contributed by atoms with Crippen LogP contribution in [-0.4, -0.2) is 17.4 Å². The monoisotopic (exact) mass is 433 g/mol. The molecule has 0 saturated heterocycles. The minimum atomic E-state index is -4.37. The lowest BCUT2D eigenvalue weighted by Gasteiger charge is -2.09. The second-order valence-corrected chi connectivity index (χ2v) is 8.30. The second-order valence-electron chi connectivity index (χ2n) is 7.19. The van der Waals surface area contributed by atoms with Gasteiger partial charge < -0.3 is 10.6 Å². The fraction of sp³-hybridized carbons (Fsp3) is 0.273. The normalized spacial score (nSPS) is 11.5. The maximum atomic E-state index is 12.8. The Morgan fingerprint density at radius 3 is 2.53 bits per heavy atom. The van der Waals surface area contributed by atoms with Crippen molar-refractivity contribution in [1.29, 1.82) is 0 Å². The number of aromatic nitrogens is 1. The quantitative estimate of drug-likeness (QED) is 0.486. The van der Waals surface area contributed by atoms with Crippen LogP contribution in [0.4, 0.5) is 24.0 Å². The van der Waals surface area contributed by atoms with Gasteiger partial charge in [0.15, 0.2) is 5.13 Å². The molecule has 2 N–H and O–H groups in total. The highest BCUT2D eigenvalue weighted by molar-refractivity contribution is 7.15. The van der Waals surface area contributed by atoms with Crippen LogP contribution in [0.3, 0.4) is 0 Å². The average molecular weight is 433 g/mol. The SMILES string of the molecule is CC(C)c1ccc(NCC(=O)Nc2ncc(Cc3cccc(C(F)(F)F)c3)s2)cc1. The Hall–Kier alpha value is -2.87. The Morgan fingerprint density at radius 1 is 1.13 bits per heavy atom. The van der Waals surface area contributed by atoms with Gasteiger partial charge in [-0.1, -0.05) is 44.2 Å². The van der Waals surface area contributed by atoms with Crippen LogP contribution in [0.2, 0.25) is 0 Å². The van der Waals surface area contributed by atoms with E-state index in [1.54, 1.807) is 12.3 Å². The molecule has 0 saturated carbocycles. The number of carbonyl (C=O) groups is 1. The zero-order valence-electron chi connectivity index (χ0n) is 16.6. The molecule has 158 valence electrons. The first-order valence-electron chi connectivity index (χ1n) is 9.45. The van der Waals surface area contributed by atoms with E-state index in [9.17, 15) is 18.0 Å². The Bertz CT molecular complexity index is 997. The van der Waals surface area contributed by atoms with Crippen molar-refractivity contribution in [3.63, 3.8) is 0 Å². The third kappa shape index (κ3) is 6.06. The third-order valence-corrected chi connectivity index (χ3v) is 5.38. The number of carbonyl (C=O) groups excluding carboxylic acids is 1. The van der Waals surface area contributed by atoms with E-state index in [2.05, 4.69) is 29.5 Å². The lowest BCUT2D eigenvalue weighted by Crippen LogP contribution is -2.21. The van der Waals surface area contributed by atoms with E-state index < -0.39 is 11.7 Å². The van der Waals surface area contributed by atoms with Gasteiger partial charge in [-0.05, 0) is 35.2 Å². The number of nitrogens with one attached hydrogen (secondary N) is 2. The Balaban J connectivity index is 1.53. The van der Waals surface area contributed by atoms with Gasteiger partial charge in [0, 0.05) is 23.2 Å². The number of halogens is 3. The fourth-order valence-corrected chi connectivity index (χ4v) is 3.70. The summed E-state index contributed by atoms with van der Waals surface area (Å²) in [5, 5.41) is 6.18. The van der Waals surface area contributed by atoms with E-state index in [1.165, 1.54) is 23.0 Å². The van der Waals surface area contributed by atoms with E-state index in [1.807, 2.05) is 24.3 Å². The molecule has 0 aliphatic carbocycles. The standard InChI is InChI=1S/C22H22F3N3OS/c1-14(2)16-6-8-18(9-7-16)26-13-20(29)28-21-27-12-19(30-21)11-15-4-3-5-17(10-15)22(23,24)25/h3-10,12,14,26H,11,13H2,1-2H3,(H,27,28,29). The summed E-state index contributed by atoms with van der Waals surface area (Å²) < 4.78 is 38.5. The number of rotatable bonds is 7. The first-order chi connectivity index (χ1) is 14.2. The average Bonchev–Trinajstić information content (AvgIpc) is 3.13. The molecule has 3 aromatic rings. The van der Waals surface area contributed by atoms with Gasteiger partial charge in [-0.2, -0.15) is 13.2 Å². The summed E-state index contributed by atoms with van der Waals surface area (Å²) in [6.07, 6.45) is -2.48. The lowest BCUT2D eigenvalue weighted by molar-refractivity contribution is -0.137. The molecule has 8 heteroatoms. The van der Waals surface area contributed by atoms with E-state index in [0.29, 0.717) is 23.0 Å². The molecule has 2 aromatic carbocycles. The molecule has 30 heavy (non-hydrogen) atoms. The third-order valence-electron chi connectivity index (χ3n) is 4.46. The van der Waals surface area contributed by atoms with E-state index in [4.69, 9.17) is 0 Å². The molecule has 3 rings (SSSR count). The molecule has 1 aromatic heterocycles. The Labute approximate surface area is 177 Å². The van der Waals surface area contributed by atoms with Crippen molar-refractivity contribution < 1.29 is 18.0 Å². The molecule has 0 atom stereocenters. The highest BCUT2D eigenvalue weighted by Crippen LogP contribution is 2.30. The maximum absolute atomic E-state index is 12.8. The molecule has 1 amide bonds. The zero-order chi connectivity index (χ0) is 21.7. The molecule has 0 aliphatic heterocycles. The summed E-state index contributed by atoms with van der Waals surface area (Å²) in [5.41, 5.74) is 1.93. The summed E-state index contributed by atoms with van der Waals surface area (Å²) in [4.78, 5) is 17.1. The van der Waals surface area contributed by atoms with Gasteiger partial charge in [0.25, 0.3) is 0 Å². The maximum Gasteiger partial charge on any atom is 0.416 e. The van der Waals surface area contributed by atoms with Crippen LogP contribution >= 0.6 is 11.3 Å². The number of nitrogens with zero attached hydrogens (tertiary/aromatic N) is 1. The van der Waals surface area contributed by atoms with Gasteiger partial charge in [0.1, 0.15) is 0 Å². The predicted octanol–water partition coefficient (Wildman–Crippen LogP) is 5.93. The molecule has 0 bridgehead atoms. The molecule has 4 nitrogen and oxygen atoms in total. The lowest BCUT2D eigenvalue weighted by atomic mass is 10.0. The number of thiazole rings is 1. The van der Waals surface area contributed by atoms with Gasteiger partial charge in [0.05, 0.1) is 12.1 Å². The summed E-state index contributed by atoms with van der Waals surface area (Å²) in [5.74, 6) is 0.195. The van der Waals surface area contributed by atoms with Gasteiger partial charge >= 0.3 is 6.18 Å².